The Morgan fingerprint density at radius 2 is 1.82 bits per heavy atom. The zero-order valence-corrected chi connectivity index (χ0v) is 14.1. The van der Waals surface area contributed by atoms with Crippen molar-refractivity contribution in [2.45, 2.75) is 11.2 Å². The van der Waals surface area contributed by atoms with Crippen LogP contribution in [-0.2, 0) is 11.2 Å². The van der Waals surface area contributed by atoms with Crippen molar-refractivity contribution in [1.29, 1.82) is 0 Å². The lowest BCUT2D eigenvalue weighted by Gasteiger charge is -2.14. The highest BCUT2D eigenvalue weighted by Crippen LogP contribution is 2.18. The molecule has 0 aliphatic heterocycles. The normalized spacial score (nSPS) is 11.8. The predicted molar refractivity (Wildman–Crippen MR) is 92.2 cm³/mol. The number of carbonyl (C=O) groups excluding carboxylic acids is 1. The second-order valence-electron chi connectivity index (χ2n) is 5.19. The van der Waals surface area contributed by atoms with Crippen LogP contribution in [-0.4, -0.2) is 24.8 Å². The van der Waals surface area contributed by atoms with E-state index in [9.17, 15) is 9.18 Å². The Balaban J connectivity index is 1.98. The maximum absolute atomic E-state index is 13.6. The summed E-state index contributed by atoms with van der Waals surface area (Å²) >= 11 is 3.32. The molecule has 1 N–H and O–H groups in total. The Kier molecular flexibility index (Phi) is 5.55. The van der Waals surface area contributed by atoms with Gasteiger partial charge in [-0.05, 0) is 42.3 Å². The first-order valence-electron chi connectivity index (χ1n) is 6.93. The minimum atomic E-state index is -0.488. The molecule has 0 radical (unpaired) electrons. The smallest absolute Gasteiger partial charge is 0.238 e. The molecule has 0 spiro atoms. The van der Waals surface area contributed by atoms with E-state index in [1.165, 1.54) is 6.07 Å². The Morgan fingerprint density at radius 3 is 2.41 bits per heavy atom. The number of nitrogens with zero attached hydrogens (tertiary/aromatic N) is 1. The summed E-state index contributed by atoms with van der Waals surface area (Å²) in [7, 11) is 3.91. The topological polar surface area (TPSA) is 32.3 Å². The molecule has 116 valence electrons. The van der Waals surface area contributed by atoms with Crippen molar-refractivity contribution in [3.05, 3.63) is 59.9 Å². The van der Waals surface area contributed by atoms with Crippen molar-refractivity contribution < 1.29 is 9.18 Å². The average molecular weight is 365 g/mol. The summed E-state index contributed by atoms with van der Waals surface area (Å²) in [6, 6.07) is 14.0. The monoisotopic (exact) mass is 364 g/mol. The van der Waals surface area contributed by atoms with Crippen molar-refractivity contribution in [2.24, 2.45) is 0 Å². The van der Waals surface area contributed by atoms with Crippen molar-refractivity contribution in [3.8, 4) is 0 Å². The first-order valence-corrected chi connectivity index (χ1v) is 7.84. The Labute approximate surface area is 138 Å². The number of carbonyl (C=O) groups is 1. The minimum absolute atomic E-state index is 0.194. The molecule has 0 aliphatic carbocycles. The van der Waals surface area contributed by atoms with E-state index in [-0.39, 0.29) is 11.7 Å². The largest absolute Gasteiger partial charge is 0.378 e. The third-order valence-corrected chi connectivity index (χ3v) is 4.03. The number of hydrogen-bond donors (Lipinski definition) is 1. The van der Waals surface area contributed by atoms with E-state index in [1.54, 1.807) is 18.2 Å². The number of rotatable bonds is 5. The Morgan fingerprint density at radius 1 is 1.18 bits per heavy atom. The van der Waals surface area contributed by atoms with Gasteiger partial charge in [0.1, 0.15) is 5.82 Å². The fraction of sp³-hybridized carbons (Fsp3) is 0.235. The van der Waals surface area contributed by atoms with E-state index >= 15 is 0 Å². The summed E-state index contributed by atoms with van der Waals surface area (Å²) < 4.78 is 13.6. The molecule has 1 unspecified atom stereocenters. The molecule has 0 aromatic heterocycles. The van der Waals surface area contributed by atoms with Crippen LogP contribution in [0.5, 0.6) is 0 Å². The van der Waals surface area contributed by atoms with Crippen molar-refractivity contribution in [1.82, 2.24) is 0 Å². The third kappa shape index (κ3) is 4.31. The fourth-order valence-corrected chi connectivity index (χ4v) is 2.48. The van der Waals surface area contributed by atoms with Crippen LogP contribution in [0.3, 0.4) is 0 Å². The van der Waals surface area contributed by atoms with E-state index in [0.717, 1.165) is 5.69 Å². The highest BCUT2D eigenvalue weighted by Gasteiger charge is 2.17. The lowest BCUT2D eigenvalue weighted by molar-refractivity contribution is -0.115. The molecule has 1 atom stereocenters. The quantitative estimate of drug-likeness (QED) is 0.817. The maximum Gasteiger partial charge on any atom is 0.238 e. The maximum atomic E-state index is 13.6. The fourth-order valence-electron chi connectivity index (χ4n) is 2.01. The van der Waals surface area contributed by atoms with E-state index in [1.807, 2.05) is 43.3 Å². The summed E-state index contributed by atoms with van der Waals surface area (Å²) in [5.41, 5.74) is 2.29. The van der Waals surface area contributed by atoms with Gasteiger partial charge in [0.25, 0.3) is 0 Å². The highest BCUT2D eigenvalue weighted by molar-refractivity contribution is 9.10. The molecule has 2 aromatic rings. The second-order valence-corrected chi connectivity index (χ2v) is 6.30. The van der Waals surface area contributed by atoms with Crippen molar-refractivity contribution in [3.63, 3.8) is 0 Å². The van der Waals surface area contributed by atoms with Crippen LogP contribution in [0.15, 0.2) is 48.5 Å². The lowest BCUT2D eigenvalue weighted by atomic mass is 10.1. The van der Waals surface area contributed by atoms with Gasteiger partial charge in [-0.1, -0.05) is 34.1 Å². The number of anilines is 2. The van der Waals surface area contributed by atoms with Gasteiger partial charge in [0, 0.05) is 25.5 Å². The number of alkyl halides is 1. The van der Waals surface area contributed by atoms with Gasteiger partial charge in [-0.3, -0.25) is 4.79 Å². The van der Waals surface area contributed by atoms with Crippen LogP contribution >= 0.6 is 15.9 Å². The molecule has 0 bridgehead atoms. The molecule has 0 fully saturated rings. The lowest BCUT2D eigenvalue weighted by Crippen LogP contribution is -2.25. The van der Waals surface area contributed by atoms with Gasteiger partial charge in [-0.25, -0.2) is 4.39 Å². The summed E-state index contributed by atoms with van der Waals surface area (Å²) in [5, 5.41) is 2.82. The molecule has 0 saturated carbocycles. The molecule has 3 nitrogen and oxygen atoms in total. The molecule has 0 heterocycles. The van der Waals surface area contributed by atoms with Gasteiger partial charge in [-0.2, -0.15) is 0 Å². The Hall–Kier alpha value is -1.88. The van der Waals surface area contributed by atoms with Crippen molar-refractivity contribution >= 4 is 33.2 Å². The van der Waals surface area contributed by atoms with Crippen LogP contribution in [0, 0.1) is 5.82 Å². The number of amides is 1. The molecule has 0 aliphatic rings. The first kappa shape index (κ1) is 16.5. The predicted octanol–water partition coefficient (Wildman–Crippen LogP) is 3.84. The van der Waals surface area contributed by atoms with E-state index < -0.39 is 4.83 Å². The van der Waals surface area contributed by atoms with E-state index in [0.29, 0.717) is 17.7 Å². The third-order valence-electron chi connectivity index (χ3n) is 3.29. The van der Waals surface area contributed by atoms with E-state index in [4.69, 9.17) is 0 Å². The van der Waals surface area contributed by atoms with E-state index in [2.05, 4.69) is 21.2 Å². The first-order chi connectivity index (χ1) is 10.5. The van der Waals surface area contributed by atoms with Gasteiger partial charge in [0.15, 0.2) is 0 Å². The van der Waals surface area contributed by atoms with Crippen LogP contribution in [0.2, 0.25) is 0 Å². The second kappa shape index (κ2) is 7.40. The molecule has 0 saturated heterocycles. The van der Waals surface area contributed by atoms with Gasteiger partial charge in [-0.15, -0.1) is 0 Å². The molecular formula is C17H18BrFN2O. The molecule has 1 amide bonds. The Bertz CT molecular complexity index is 643. The summed E-state index contributed by atoms with van der Waals surface area (Å²) in [4.78, 5) is 13.7. The summed E-state index contributed by atoms with van der Waals surface area (Å²) in [6.07, 6.45) is 0.300. The number of halogens is 2. The highest BCUT2D eigenvalue weighted by atomic mass is 79.9. The zero-order chi connectivity index (χ0) is 16.1. The van der Waals surface area contributed by atoms with Crippen LogP contribution in [0.25, 0.3) is 0 Å². The SMILES string of the molecule is CN(C)c1ccc(NC(=O)C(Br)Cc2ccccc2F)cc1. The molecule has 22 heavy (non-hydrogen) atoms. The van der Waals surface area contributed by atoms with Gasteiger partial charge in [0.2, 0.25) is 5.91 Å². The molecule has 2 aromatic carbocycles. The number of nitrogens with one attached hydrogen (secondary N) is 1. The van der Waals surface area contributed by atoms with Crippen LogP contribution in [0.1, 0.15) is 5.56 Å². The summed E-state index contributed by atoms with van der Waals surface area (Å²) in [5.74, 6) is -0.490. The molecule has 2 rings (SSSR count). The molecular weight excluding hydrogens is 347 g/mol. The average Bonchev–Trinajstić information content (AvgIpc) is 2.50. The zero-order valence-electron chi connectivity index (χ0n) is 12.5. The van der Waals surface area contributed by atoms with Crippen LogP contribution in [0.4, 0.5) is 15.8 Å². The standard InChI is InChI=1S/C17H18BrFN2O/c1-21(2)14-9-7-13(8-10-14)20-17(22)15(18)11-12-5-3-4-6-16(12)19/h3-10,15H,11H2,1-2H3,(H,20,22). The van der Waals surface area contributed by atoms with Gasteiger partial charge >= 0.3 is 0 Å². The van der Waals surface area contributed by atoms with Gasteiger partial charge < -0.3 is 10.2 Å². The van der Waals surface area contributed by atoms with Crippen LogP contribution < -0.4 is 10.2 Å². The van der Waals surface area contributed by atoms with Gasteiger partial charge in [0.05, 0.1) is 4.83 Å². The summed E-state index contributed by atoms with van der Waals surface area (Å²) in [6.45, 7) is 0. The molecule has 5 heteroatoms. The van der Waals surface area contributed by atoms with Crippen molar-refractivity contribution in [2.75, 3.05) is 24.3 Å². The number of benzene rings is 2. The minimum Gasteiger partial charge on any atom is -0.378 e. The number of hydrogen-bond acceptors (Lipinski definition) is 2.